The zero-order chi connectivity index (χ0) is 19.1. The van der Waals surface area contributed by atoms with Gasteiger partial charge in [0.25, 0.3) is 0 Å². The van der Waals surface area contributed by atoms with Gasteiger partial charge in [-0.05, 0) is 38.0 Å². The molecule has 0 radical (unpaired) electrons. The molecule has 2 rings (SSSR count). The zero-order valence-electron chi connectivity index (χ0n) is 15.8. The number of rotatable bonds is 9. The molecule has 0 aromatic heterocycles. The van der Waals surface area contributed by atoms with Crippen LogP contribution in [0.3, 0.4) is 0 Å². The summed E-state index contributed by atoms with van der Waals surface area (Å²) in [5.41, 5.74) is 0. The highest BCUT2D eigenvalue weighted by molar-refractivity contribution is 5.66. The first-order chi connectivity index (χ1) is 12.4. The highest BCUT2D eigenvalue weighted by Gasteiger charge is 2.47. The molecule has 7 atom stereocenters. The Bertz CT molecular complexity index is 546. The SMILES string of the molecule is CC#CCC(C)[C@H](O)C=C[C@H]1[C@H](O)CC2O[C@@H](CCCCC(=O)O)C[C@@H]21. The fraction of sp³-hybridized carbons (Fsp3) is 0.762. The summed E-state index contributed by atoms with van der Waals surface area (Å²) in [5, 5.41) is 29.3. The van der Waals surface area contributed by atoms with Crippen LogP contribution in [0, 0.1) is 29.6 Å². The zero-order valence-corrected chi connectivity index (χ0v) is 15.8. The maximum atomic E-state index is 10.6. The third-order valence-electron chi connectivity index (χ3n) is 5.67. The van der Waals surface area contributed by atoms with Gasteiger partial charge in [-0.15, -0.1) is 11.8 Å². The highest BCUT2D eigenvalue weighted by Crippen LogP contribution is 2.45. The van der Waals surface area contributed by atoms with Crippen molar-refractivity contribution in [1.29, 1.82) is 0 Å². The van der Waals surface area contributed by atoms with E-state index in [1.165, 1.54) is 0 Å². The summed E-state index contributed by atoms with van der Waals surface area (Å²) in [6.45, 7) is 3.77. The van der Waals surface area contributed by atoms with Crippen molar-refractivity contribution >= 4 is 5.97 Å². The third kappa shape index (κ3) is 5.84. The number of aliphatic carboxylic acids is 1. The number of unbranched alkanes of at least 4 members (excludes halogenated alkanes) is 1. The number of carboxylic acid groups (broad SMARTS) is 1. The van der Waals surface area contributed by atoms with E-state index in [0.717, 1.165) is 19.3 Å². The van der Waals surface area contributed by atoms with Gasteiger partial charge in [0.05, 0.1) is 24.4 Å². The molecule has 5 heteroatoms. The molecular weight excluding hydrogens is 332 g/mol. The second kappa shape index (κ2) is 10.1. The predicted molar refractivity (Wildman–Crippen MR) is 99.4 cm³/mol. The van der Waals surface area contributed by atoms with Crippen LogP contribution in [-0.2, 0) is 9.53 Å². The van der Waals surface area contributed by atoms with Crippen LogP contribution in [0.15, 0.2) is 12.2 Å². The van der Waals surface area contributed by atoms with Gasteiger partial charge in [0, 0.05) is 25.2 Å². The topological polar surface area (TPSA) is 87.0 Å². The van der Waals surface area contributed by atoms with Crippen LogP contribution in [0.5, 0.6) is 0 Å². The first-order valence-electron chi connectivity index (χ1n) is 9.73. The lowest BCUT2D eigenvalue weighted by atomic mass is 9.88. The first-order valence-corrected chi connectivity index (χ1v) is 9.73. The molecule has 2 aliphatic rings. The largest absolute Gasteiger partial charge is 0.481 e. The Hall–Kier alpha value is -1.35. The maximum absolute atomic E-state index is 10.6. The molecule has 3 N–H and O–H groups in total. The summed E-state index contributed by atoms with van der Waals surface area (Å²) in [6, 6.07) is 0. The lowest BCUT2D eigenvalue weighted by Crippen LogP contribution is -2.20. The van der Waals surface area contributed by atoms with Crippen LogP contribution in [-0.4, -0.2) is 45.7 Å². The molecule has 0 aromatic carbocycles. The second-order valence-electron chi connectivity index (χ2n) is 7.70. The Morgan fingerprint density at radius 3 is 2.81 bits per heavy atom. The fourth-order valence-electron chi connectivity index (χ4n) is 4.10. The highest BCUT2D eigenvalue weighted by atomic mass is 16.5. The van der Waals surface area contributed by atoms with E-state index in [2.05, 4.69) is 11.8 Å². The molecule has 2 fully saturated rings. The van der Waals surface area contributed by atoms with Crippen LogP contribution in [0.2, 0.25) is 0 Å². The molecule has 146 valence electrons. The lowest BCUT2D eigenvalue weighted by Gasteiger charge is -2.19. The number of aliphatic hydroxyl groups excluding tert-OH is 2. The Morgan fingerprint density at radius 1 is 1.35 bits per heavy atom. The molecule has 0 spiro atoms. The van der Waals surface area contributed by atoms with E-state index in [1.54, 1.807) is 13.0 Å². The minimum atomic E-state index is -0.750. The molecule has 5 nitrogen and oxygen atoms in total. The van der Waals surface area contributed by atoms with Crippen molar-refractivity contribution in [2.24, 2.45) is 17.8 Å². The molecule has 0 amide bonds. The summed E-state index contributed by atoms with van der Waals surface area (Å²) in [6.07, 6.45) is 7.83. The van der Waals surface area contributed by atoms with Gasteiger partial charge >= 0.3 is 5.97 Å². The van der Waals surface area contributed by atoms with E-state index in [1.807, 2.05) is 13.0 Å². The average Bonchev–Trinajstić information content (AvgIpc) is 3.10. The summed E-state index contributed by atoms with van der Waals surface area (Å²) < 4.78 is 6.08. The van der Waals surface area contributed by atoms with Gasteiger partial charge in [0.1, 0.15) is 0 Å². The molecule has 2 unspecified atom stereocenters. The quantitative estimate of drug-likeness (QED) is 0.333. The summed E-state index contributed by atoms with van der Waals surface area (Å²) >= 11 is 0. The molecule has 0 bridgehead atoms. The minimum Gasteiger partial charge on any atom is -0.481 e. The Morgan fingerprint density at radius 2 is 2.12 bits per heavy atom. The van der Waals surface area contributed by atoms with E-state index in [-0.39, 0.29) is 36.4 Å². The van der Waals surface area contributed by atoms with Crippen molar-refractivity contribution in [1.82, 2.24) is 0 Å². The number of carboxylic acids is 1. The summed E-state index contributed by atoms with van der Waals surface area (Å²) in [5.74, 6) is 5.45. The normalized spacial score (nSPS) is 32.8. The van der Waals surface area contributed by atoms with Gasteiger partial charge in [0.2, 0.25) is 0 Å². The molecule has 1 aliphatic carbocycles. The number of fused-ring (bicyclic) bond motifs is 1. The number of ether oxygens (including phenoxy) is 1. The number of hydrogen-bond donors (Lipinski definition) is 3. The number of carbonyl (C=O) groups is 1. The first kappa shape index (κ1) is 21.0. The molecule has 1 heterocycles. The lowest BCUT2D eigenvalue weighted by molar-refractivity contribution is -0.137. The van der Waals surface area contributed by atoms with Crippen molar-refractivity contribution in [2.45, 2.75) is 83.2 Å². The van der Waals surface area contributed by atoms with E-state index >= 15 is 0 Å². The van der Waals surface area contributed by atoms with Crippen molar-refractivity contribution in [3.8, 4) is 11.8 Å². The number of hydrogen-bond acceptors (Lipinski definition) is 4. The van der Waals surface area contributed by atoms with E-state index in [9.17, 15) is 15.0 Å². The van der Waals surface area contributed by atoms with Gasteiger partial charge in [-0.3, -0.25) is 4.79 Å². The molecule has 26 heavy (non-hydrogen) atoms. The van der Waals surface area contributed by atoms with Crippen molar-refractivity contribution in [2.75, 3.05) is 0 Å². The van der Waals surface area contributed by atoms with Crippen LogP contribution in [0.1, 0.15) is 58.8 Å². The molecule has 1 saturated heterocycles. The van der Waals surface area contributed by atoms with Crippen molar-refractivity contribution in [3.63, 3.8) is 0 Å². The maximum Gasteiger partial charge on any atom is 0.303 e. The third-order valence-corrected chi connectivity index (χ3v) is 5.67. The minimum absolute atomic E-state index is 0.0168. The molecule has 1 saturated carbocycles. The van der Waals surface area contributed by atoms with Gasteiger partial charge < -0.3 is 20.1 Å². The van der Waals surface area contributed by atoms with Crippen LogP contribution in [0.4, 0.5) is 0 Å². The fourth-order valence-corrected chi connectivity index (χ4v) is 4.10. The van der Waals surface area contributed by atoms with Crippen LogP contribution >= 0.6 is 0 Å². The Kier molecular flexibility index (Phi) is 8.15. The summed E-state index contributed by atoms with van der Waals surface area (Å²) in [7, 11) is 0. The molecule has 1 aliphatic heterocycles. The predicted octanol–water partition coefficient (Wildman–Crippen LogP) is 2.75. The van der Waals surface area contributed by atoms with E-state index in [0.29, 0.717) is 19.3 Å². The van der Waals surface area contributed by atoms with Crippen molar-refractivity contribution in [3.05, 3.63) is 12.2 Å². The van der Waals surface area contributed by atoms with E-state index < -0.39 is 18.2 Å². The smallest absolute Gasteiger partial charge is 0.303 e. The Balaban J connectivity index is 1.83. The van der Waals surface area contributed by atoms with Gasteiger partial charge in [-0.25, -0.2) is 0 Å². The second-order valence-corrected chi connectivity index (χ2v) is 7.70. The van der Waals surface area contributed by atoms with Crippen LogP contribution in [0.25, 0.3) is 0 Å². The average molecular weight is 364 g/mol. The van der Waals surface area contributed by atoms with Crippen molar-refractivity contribution < 1.29 is 24.9 Å². The summed E-state index contributed by atoms with van der Waals surface area (Å²) in [4.78, 5) is 10.6. The Labute approximate surface area is 156 Å². The van der Waals surface area contributed by atoms with Gasteiger partial charge in [-0.1, -0.05) is 25.5 Å². The van der Waals surface area contributed by atoms with E-state index in [4.69, 9.17) is 9.84 Å². The monoisotopic (exact) mass is 364 g/mol. The molecule has 0 aromatic rings. The van der Waals surface area contributed by atoms with Crippen LogP contribution < -0.4 is 0 Å². The number of aliphatic hydroxyl groups is 2. The van der Waals surface area contributed by atoms with Gasteiger partial charge in [-0.2, -0.15) is 0 Å². The molecular formula is C21H32O5. The standard InChI is InChI=1S/C21H32O5/c1-3-4-7-14(2)18(22)11-10-16-17-12-15(8-5-6-9-21(24)25)26-20(17)13-19(16)23/h10-11,14-20,22-23H,5-9,12-13H2,1-2H3,(H,24,25)/t14?,15-,16+,17+,18+,19+,20?/m0/s1. The van der Waals surface area contributed by atoms with Gasteiger partial charge in [0.15, 0.2) is 0 Å².